The third-order valence-electron chi connectivity index (χ3n) is 9.57. The van der Waals surface area contributed by atoms with Crippen molar-refractivity contribution in [3.8, 4) is 40.2 Å². The number of fused-ring (bicyclic) bond motifs is 2. The van der Waals surface area contributed by atoms with Crippen LogP contribution in [0.1, 0.15) is 45.5 Å². The van der Waals surface area contributed by atoms with E-state index in [1.807, 2.05) is 24.3 Å². The molecule has 0 bridgehead atoms. The number of ether oxygens (including phenoxy) is 5. The molecule has 0 saturated heterocycles. The van der Waals surface area contributed by atoms with Crippen LogP contribution in [-0.2, 0) is 25.7 Å². The van der Waals surface area contributed by atoms with Crippen LogP contribution in [0.5, 0.6) is 40.2 Å². The number of phenols is 1. The largest absolute Gasteiger partial charge is 0.504 e. The molecule has 4 aromatic rings. The zero-order valence-electron chi connectivity index (χ0n) is 27.6. The molecule has 8 nitrogen and oxygen atoms in total. The van der Waals surface area contributed by atoms with Crippen LogP contribution in [0.4, 0.5) is 0 Å². The summed E-state index contributed by atoms with van der Waals surface area (Å²) in [5, 5.41) is 10.7. The summed E-state index contributed by atoms with van der Waals surface area (Å²) in [5.74, 6) is 4.25. The zero-order chi connectivity index (χ0) is 32.4. The Morgan fingerprint density at radius 1 is 0.587 bits per heavy atom. The maximum Gasteiger partial charge on any atom is 0.169 e. The lowest BCUT2D eigenvalue weighted by Crippen LogP contribution is -2.33. The van der Waals surface area contributed by atoms with Crippen LogP contribution in [0.25, 0.3) is 0 Å². The van der Waals surface area contributed by atoms with E-state index in [0.29, 0.717) is 11.5 Å². The predicted molar refractivity (Wildman–Crippen MR) is 179 cm³/mol. The fourth-order valence-electron chi connectivity index (χ4n) is 6.87. The van der Waals surface area contributed by atoms with Crippen molar-refractivity contribution in [1.29, 1.82) is 0 Å². The van der Waals surface area contributed by atoms with Crippen LogP contribution < -0.4 is 23.7 Å². The van der Waals surface area contributed by atoms with Gasteiger partial charge in [-0.3, -0.25) is 9.80 Å². The molecule has 4 aromatic carbocycles. The first-order valence-corrected chi connectivity index (χ1v) is 15.8. The Kier molecular flexibility index (Phi) is 9.29. The van der Waals surface area contributed by atoms with Crippen LogP contribution in [0.15, 0.2) is 66.7 Å². The minimum atomic E-state index is 0.112. The lowest BCUT2D eigenvalue weighted by Gasteiger charge is -2.35. The number of aromatic hydroxyl groups is 1. The maximum absolute atomic E-state index is 10.7. The van der Waals surface area contributed by atoms with E-state index >= 15 is 0 Å². The molecule has 1 unspecified atom stereocenters. The summed E-state index contributed by atoms with van der Waals surface area (Å²) in [5.41, 5.74) is 7.38. The minimum Gasteiger partial charge on any atom is -0.504 e. The second-order valence-electron chi connectivity index (χ2n) is 12.3. The van der Waals surface area contributed by atoms with Gasteiger partial charge in [0.1, 0.15) is 5.75 Å². The fraction of sp³-hybridized carbons (Fsp3) is 0.368. The van der Waals surface area contributed by atoms with E-state index < -0.39 is 0 Å². The van der Waals surface area contributed by atoms with Gasteiger partial charge in [-0.05, 0) is 122 Å². The number of rotatable bonds is 10. The Labute approximate surface area is 272 Å². The molecule has 46 heavy (non-hydrogen) atoms. The van der Waals surface area contributed by atoms with Crippen molar-refractivity contribution in [3.05, 3.63) is 100 Å². The van der Waals surface area contributed by atoms with E-state index in [-0.39, 0.29) is 17.8 Å². The highest BCUT2D eigenvalue weighted by molar-refractivity contribution is 5.52. The molecule has 0 amide bonds. The topological polar surface area (TPSA) is 72.9 Å². The standard InChI is InChI=1S/C38H44N2O6/c1-39-15-13-26-20-35(42-3)37(44-5)22-29(26)31(39)17-24-7-10-28(11-8-24)46-34-19-25(9-12-33(34)41)18-32-30-23-38(45-6)36(43-4)21-27(30)14-16-40(32)2/h7-12,19-23,31-32,41H,13-18H2,1-6H3/t31-,32?/m0/s1. The second-order valence-corrected chi connectivity index (χ2v) is 12.3. The second kappa shape index (κ2) is 13.5. The quantitative estimate of drug-likeness (QED) is 0.208. The van der Waals surface area contributed by atoms with Crippen LogP contribution in [0.3, 0.4) is 0 Å². The highest BCUT2D eigenvalue weighted by Gasteiger charge is 2.29. The third-order valence-corrected chi connectivity index (χ3v) is 9.57. The van der Waals surface area contributed by atoms with Gasteiger partial charge in [0.05, 0.1) is 28.4 Å². The summed E-state index contributed by atoms with van der Waals surface area (Å²) in [6.07, 6.45) is 3.55. The molecule has 2 atom stereocenters. The van der Waals surface area contributed by atoms with Gasteiger partial charge in [0.2, 0.25) is 0 Å². The summed E-state index contributed by atoms with van der Waals surface area (Å²) < 4.78 is 28.6. The number of methoxy groups -OCH3 is 4. The summed E-state index contributed by atoms with van der Waals surface area (Å²) in [7, 11) is 11.0. The molecule has 0 aliphatic carbocycles. The molecule has 0 spiro atoms. The molecular formula is C38H44N2O6. The van der Waals surface area contributed by atoms with E-state index in [4.69, 9.17) is 23.7 Å². The molecular weight excluding hydrogens is 580 g/mol. The third kappa shape index (κ3) is 6.32. The highest BCUT2D eigenvalue weighted by Crippen LogP contribution is 2.41. The molecule has 2 aliphatic heterocycles. The van der Waals surface area contributed by atoms with Crippen LogP contribution in [0.2, 0.25) is 0 Å². The molecule has 2 heterocycles. The van der Waals surface area contributed by atoms with Gasteiger partial charge in [-0.1, -0.05) is 18.2 Å². The molecule has 0 radical (unpaired) electrons. The summed E-state index contributed by atoms with van der Waals surface area (Å²) in [6.45, 7) is 1.93. The Balaban J connectivity index is 1.18. The summed E-state index contributed by atoms with van der Waals surface area (Å²) in [4.78, 5) is 4.77. The van der Waals surface area contributed by atoms with Gasteiger partial charge in [-0.15, -0.1) is 0 Å². The van der Waals surface area contributed by atoms with Gasteiger partial charge >= 0.3 is 0 Å². The zero-order valence-corrected chi connectivity index (χ0v) is 27.6. The van der Waals surface area contributed by atoms with E-state index in [0.717, 1.165) is 67.3 Å². The van der Waals surface area contributed by atoms with Crippen molar-refractivity contribution in [3.63, 3.8) is 0 Å². The Morgan fingerprint density at radius 2 is 1.04 bits per heavy atom. The number of hydrogen-bond donors (Lipinski definition) is 1. The van der Waals surface area contributed by atoms with Crippen molar-refractivity contribution >= 4 is 0 Å². The molecule has 0 aromatic heterocycles. The first-order chi connectivity index (χ1) is 22.3. The summed E-state index contributed by atoms with van der Waals surface area (Å²) >= 11 is 0. The molecule has 0 fully saturated rings. The average molecular weight is 625 g/mol. The van der Waals surface area contributed by atoms with Gasteiger partial charge in [-0.2, -0.15) is 0 Å². The molecule has 0 saturated carbocycles. The lowest BCUT2D eigenvalue weighted by molar-refractivity contribution is 0.227. The smallest absolute Gasteiger partial charge is 0.169 e. The fourth-order valence-corrected chi connectivity index (χ4v) is 6.87. The lowest BCUT2D eigenvalue weighted by atomic mass is 9.88. The van der Waals surface area contributed by atoms with Crippen molar-refractivity contribution in [1.82, 2.24) is 9.80 Å². The number of benzene rings is 4. The first kappa shape index (κ1) is 31.6. The SMILES string of the molecule is COc1cc2c(cc1OC)C(Cc1ccc(O)c(Oc3ccc(C[C@H]4c5cc(OC)c(OC)cc5CCN4C)cc3)c1)N(C)CC2. The number of hydrogen-bond acceptors (Lipinski definition) is 8. The van der Waals surface area contributed by atoms with Crippen molar-refractivity contribution < 1.29 is 28.8 Å². The van der Waals surface area contributed by atoms with Gasteiger partial charge < -0.3 is 28.8 Å². The van der Waals surface area contributed by atoms with Gasteiger partial charge in [-0.25, -0.2) is 0 Å². The highest BCUT2D eigenvalue weighted by atomic mass is 16.5. The van der Waals surface area contributed by atoms with Crippen molar-refractivity contribution in [2.75, 3.05) is 55.6 Å². The number of nitrogens with zero attached hydrogens (tertiary/aromatic N) is 2. The molecule has 8 heteroatoms. The Hall–Kier alpha value is -4.40. The molecule has 2 aliphatic rings. The van der Waals surface area contributed by atoms with Crippen LogP contribution >= 0.6 is 0 Å². The van der Waals surface area contributed by atoms with Gasteiger partial charge in [0.25, 0.3) is 0 Å². The molecule has 1 N–H and O–H groups in total. The Bertz CT molecular complexity index is 1690. The number of likely N-dealkylation sites (N-methyl/N-ethyl adjacent to an activating group) is 2. The van der Waals surface area contributed by atoms with E-state index in [1.54, 1.807) is 34.5 Å². The average Bonchev–Trinajstić information content (AvgIpc) is 3.08. The van der Waals surface area contributed by atoms with Crippen LogP contribution in [-0.4, -0.2) is 70.5 Å². The molecule has 6 rings (SSSR count). The van der Waals surface area contributed by atoms with E-state index in [1.165, 1.54) is 27.8 Å². The first-order valence-electron chi connectivity index (χ1n) is 15.8. The normalized spacial score (nSPS) is 18.0. The van der Waals surface area contributed by atoms with Gasteiger partial charge in [0.15, 0.2) is 34.5 Å². The van der Waals surface area contributed by atoms with Crippen LogP contribution in [0, 0.1) is 0 Å². The summed E-state index contributed by atoms with van der Waals surface area (Å²) in [6, 6.07) is 22.6. The van der Waals surface area contributed by atoms with Crippen molar-refractivity contribution in [2.24, 2.45) is 0 Å². The maximum atomic E-state index is 10.7. The molecule has 242 valence electrons. The Morgan fingerprint density at radius 3 is 1.54 bits per heavy atom. The monoisotopic (exact) mass is 624 g/mol. The van der Waals surface area contributed by atoms with Crippen molar-refractivity contribution in [2.45, 2.75) is 37.8 Å². The predicted octanol–water partition coefficient (Wildman–Crippen LogP) is 6.76. The van der Waals surface area contributed by atoms with Gasteiger partial charge in [0, 0.05) is 25.2 Å². The van der Waals surface area contributed by atoms with E-state index in [9.17, 15) is 5.11 Å². The minimum absolute atomic E-state index is 0.112. The number of phenolic OH excluding ortho intramolecular Hbond substituents is 1. The van der Waals surface area contributed by atoms with E-state index in [2.05, 4.69) is 60.3 Å².